The number of aromatic nitrogens is 2. The molecule has 9 heteroatoms. The number of carbonyl (C=O) groups excluding carboxylic acids is 3. The summed E-state index contributed by atoms with van der Waals surface area (Å²) in [4.78, 5) is 45.1. The van der Waals surface area contributed by atoms with Crippen molar-refractivity contribution in [3.05, 3.63) is 11.4 Å². The molecule has 156 valence electrons. The van der Waals surface area contributed by atoms with E-state index in [0.29, 0.717) is 11.9 Å². The summed E-state index contributed by atoms with van der Waals surface area (Å²) >= 11 is 0. The molecule has 2 fully saturated rings. The van der Waals surface area contributed by atoms with Gasteiger partial charge in [-0.3, -0.25) is 14.5 Å². The highest BCUT2D eigenvalue weighted by atomic mass is 16.5. The summed E-state index contributed by atoms with van der Waals surface area (Å²) in [7, 11) is 1.60. The number of aliphatic imine (C=N–C) groups is 1. The van der Waals surface area contributed by atoms with Crippen LogP contribution in [0.3, 0.4) is 0 Å². The minimum Gasteiger partial charge on any atom is -0.465 e. The Morgan fingerprint density at radius 1 is 1.21 bits per heavy atom. The van der Waals surface area contributed by atoms with E-state index in [9.17, 15) is 14.4 Å². The monoisotopic (exact) mass is 402 g/mol. The van der Waals surface area contributed by atoms with Gasteiger partial charge in [0.15, 0.2) is 0 Å². The Morgan fingerprint density at radius 3 is 2.55 bits per heavy atom. The van der Waals surface area contributed by atoms with Crippen molar-refractivity contribution in [2.75, 3.05) is 20.2 Å². The molecule has 1 aromatic rings. The predicted molar refractivity (Wildman–Crippen MR) is 104 cm³/mol. The lowest BCUT2D eigenvalue weighted by Crippen LogP contribution is -2.64. The molecular weight excluding hydrogens is 374 g/mol. The molecule has 0 spiro atoms. The summed E-state index contributed by atoms with van der Waals surface area (Å²) in [5.41, 5.74) is 2.06. The summed E-state index contributed by atoms with van der Waals surface area (Å²) < 4.78 is 9.10. The number of hydrogen-bond donors (Lipinski definition) is 0. The van der Waals surface area contributed by atoms with E-state index < -0.39 is 30.5 Å². The fourth-order valence-corrected chi connectivity index (χ4v) is 4.72. The molecule has 3 aliphatic rings. The SMILES string of the molecule is CCOC(=O)CN1C(=O)C2C(=Nc3n(C4CCCCC4)c(C)c(C)[n+]32)N(C)C1=O. The van der Waals surface area contributed by atoms with E-state index in [1.165, 1.54) is 24.2 Å². The number of carbonyl (C=O) groups is 3. The minimum absolute atomic E-state index is 0.197. The van der Waals surface area contributed by atoms with E-state index in [1.807, 2.05) is 11.5 Å². The van der Waals surface area contributed by atoms with Crippen molar-refractivity contribution in [3.8, 4) is 0 Å². The molecule has 0 radical (unpaired) electrons. The maximum atomic E-state index is 13.3. The van der Waals surface area contributed by atoms with Crippen molar-refractivity contribution in [2.45, 2.75) is 65.0 Å². The Hall–Kier alpha value is -2.71. The number of fused-ring (bicyclic) bond motifs is 3. The summed E-state index contributed by atoms with van der Waals surface area (Å²) in [6.45, 7) is 5.53. The molecule has 1 atom stereocenters. The average molecular weight is 402 g/mol. The number of imide groups is 1. The van der Waals surface area contributed by atoms with Gasteiger partial charge < -0.3 is 4.74 Å². The molecule has 0 N–H and O–H groups in total. The summed E-state index contributed by atoms with van der Waals surface area (Å²) in [5.74, 6) is 0.104. The van der Waals surface area contributed by atoms with Gasteiger partial charge in [-0.2, -0.15) is 0 Å². The first-order valence-electron chi connectivity index (χ1n) is 10.3. The Balaban J connectivity index is 1.75. The molecule has 1 aliphatic carbocycles. The van der Waals surface area contributed by atoms with Gasteiger partial charge in [-0.1, -0.05) is 11.4 Å². The van der Waals surface area contributed by atoms with Gasteiger partial charge in [0.1, 0.15) is 17.9 Å². The van der Waals surface area contributed by atoms with E-state index >= 15 is 0 Å². The largest absolute Gasteiger partial charge is 0.465 e. The number of rotatable bonds is 4. The Morgan fingerprint density at radius 2 is 1.90 bits per heavy atom. The number of hydrogen-bond acceptors (Lipinski definition) is 5. The third-order valence-electron chi connectivity index (χ3n) is 6.29. The molecule has 0 bridgehead atoms. The summed E-state index contributed by atoms with van der Waals surface area (Å²) in [6, 6.07) is -0.928. The highest BCUT2D eigenvalue weighted by Crippen LogP contribution is 2.37. The van der Waals surface area contributed by atoms with Gasteiger partial charge >= 0.3 is 17.9 Å². The van der Waals surface area contributed by atoms with Crippen LogP contribution in [0.5, 0.6) is 0 Å². The second-order valence-corrected chi connectivity index (χ2v) is 7.95. The Labute approximate surface area is 169 Å². The smallest absolute Gasteiger partial charge is 0.402 e. The lowest BCUT2D eigenvalue weighted by molar-refractivity contribution is -0.683. The predicted octanol–water partition coefficient (Wildman–Crippen LogP) is 1.94. The molecule has 3 amide bonds. The van der Waals surface area contributed by atoms with Crippen molar-refractivity contribution in [3.63, 3.8) is 0 Å². The second kappa shape index (κ2) is 7.27. The number of likely N-dealkylation sites (N-methyl/N-ethyl adjacent to an activating group) is 1. The lowest BCUT2D eigenvalue weighted by Gasteiger charge is -2.32. The van der Waals surface area contributed by atoms with Crippen molar-refractivity contribution in [2.24, 2.45) is 4.99 Å². The molecular formula is C20H28N5O4+. The van der Waals surface area contributed by atoms with Crippen molar-refractivity contribution in [1.82, 2.24) is 14.4 Å². The molecule has 3 heterocycles. The second-order valence-electron chi connectivity index (χ2n) is 7.95. The van der Waals surface area contributed by atoms with Crippen LogP contribution < -0.4 is 4.57 Å². The number of nitrogens with zero attached hydrogens (tertiary/aromatic N) is 5. The molecule has 4 rings (SSSR count). The molecule has 29 heavy (non-hydrogen) atoms. The van der Waals surface area contributed by atoms with E-state index in [1.54, 1.807) is 14.0 Å². The highest BCUT2D eigenvalue weighted by molar-refractivity contribution is 6.19. The van der Waals surface area contributed by atoms with E-state index in [2.05, 4.69) is 11.5 Å². The minimum atomic E-state index is -0.731. The zero-order valence-corrected chi connectivity index (χ0v) is 17.5. The fraction of sp³-hybridized carbons (Fsp3) is 0.650. The van der Waals surface area contributed by atoms with Gasteiger partial charge in [0.2, 0.25) is 11.9 Å². The topological polar surface area (TPSA) is 88.1 Å². The van der Waals surface area contributed by atoms with Crippen LogP contribution in [0.1, 0.15) is 62.5 Å². The number of urea groups is 1. The van der Waals surface area contributed by atoms with Crippen molar-refractivity contribution in [1.29, 1.82) is 0 Å². The number of ether oxygens (including phenoxy) is 1. The quantitative estimate of drug-likeness (QED) is 0.569. The molecule has 1 saturated heterocycles. The van der Waals surface area contributed by atoms with Gasteiger partial charge in [0, 0.05) is 7.05 Å². The fourth-order valence-electron chi connectivity index (χ4n) is 4.72. The zero-order valence-electron chi connectivity index (χ0n) is 17.5. The maximum Gasteiger partial charge on any atom is 0.402 e. The number of esters is 1. The van der Waals surface area contributed by atoms with Crippen LogP contribution in [0.2, 0.25) is 0 Å². The van der Waals surface area contributed by atoms with E-state index in [0.717, 1.165) is 35.1 Å². The Kier molecular flexibility index (Phi) is 4.92. The van der Waals surface area contributed by atoms with Crippen LogP contribution in [0.15, 0.2) is 4.99 Å². The maximum absolute atomic E-state index is 13.3. The van der Waals surface area contributed by atoms with Gasteiger partial charge in [0.05, 0.1) is 12.6 Å². The molecule has 1 saturated carbocycles. The van der Waals surface area contributed by atoms with Gasteiger partial charge in [-0.05, 0) is 46.5 Å². The molecule has 0 aromatic carbocycles. The van der Waals surface area contributed by atoms with Crippen LogP contribution in [-0.4, -0.2) is 58.3 Å². The third-order valence-corrected chi connectivity index (χ3v) is 6.29. The Bertz CT molecular complexity index is 912. The third kappa shape index (κ3) is 2.94. The van der Waals surface area contributed by atoms with Crippen LogP contribution in [0.25, 0.3) is 0 Å². The summed E-state index contributed by atoms with van der Waals surface area (Å²) in [5, 5.41) is 0. The van der Waals surface area contributed by atoms with Crippen LogP contribution in [0.4, 0.5) is 10.7 Å². The van der Waals surface area contributed by atoms with E-state index in [4.69, 9.17) is 9.73 Å². The lowest BCUT2D eigenvalue weighted by atomic mass is 9.95. The first-order chi connectivity index (χ1) is 13.9. The van der Waals surface area contributed by atoms with Gasteiger partial charge in [0.25, 0.3) is 5.91 Å². The molecule has 1 aromatic heterocycles. The van der Waals surface area contributed by atoms with E-state index in [-0.39, 0.29) is 6.61 Å². The standard InChI is InChI=1S/C20H28N5O4/c1-5-29-15(26)11-23-18(27)16-17(22(4)20(23)28)21-19-24(12(2)13(3)25(16)19)14-9-7-6-8-10-14/h14,16H,5-11H2,1-4H3/q+1. The first-order valence-corrected chi connectivity index (χ1v) is 10.3. The zero-order chi connectivity index (χ0) is 20.9. The summed E-state index contributed by atoms with van der Waals surface area (Å²) in [6.07, 6.45) is 5.81. The molecule has 9 nitrogen and oxygen atoms in total. The average Bonchev–Trinajstić information content (AvgIpc) is 3.20. The van der Waals surface area contributed by atoms with Crippen LogP contribution in [0, 0.1) is 13.8 Å². The van der Waals surface area contributed by atoms with Gasteiger partial charge in [-0.25, -0.2) is 18.8 Å². The van der Waals surface area contributed by atoms with Crippen LogP contribution >= 0.6 is 0 Å². The highest BCUT2D eigenvalue weighted by Gasteiger charge is 2.55. The normalized spacial score (nSPS) is 21.9. The van der Waals surface area contributed by atoms with Gasteiger partial charge in [-0.15, -0.1) is 0 Å². The number of amides is 3. The molecule has 2 aliphatic heterocycles. The molecule has 1 unspecified atom stereocenters. The first kappa shape index (κ1) is 19.6. The number of imidazole rings is 1. The van der Waals surface area contributed by atoms with Crippen molar-refractivity contribution >= 4 is 29.7 Å². The van der Waals surface area contributed by atoms with Crippen LogP contribution in [-0.2, 0) is 14.3 Å². The van der Waals surface area contributed by atoms with Crippen molar-refractivity contribution < 1.29 is 23.7 Å². The number of amidine groups is 1.